The van der Waals surface area contributed by atoms with E-state index in [9.17, 15) is 19.2 Å². The number of rotatable bonds is 13. The smallest absolute Gasteiger partial charge is 0.325 e. The number of nitrogens with zero attached hydrogens (tertiary/aromatic N) is 1. The van der Waals surface area contributed by atoms with Gasteiger partial charge in [0, 0.05) is 6.54 Å². The zero-order chi connectivity index (χ0) is 24.3. The van der Waals surface area contributed by atoms with Crippen molar-refractivity contribution in [3.05, 3.63) is 0 Å². The van der Waals surface area contributed by atoms with Crippen LogP contribution in [0, 0.1) is 5.92 Å². The first-order chi connectivity index (χ1) is 15.0. The molecule has 12 nitrogen and oxygen atoms in total. The summed E-state index contributed by atoms with van der Waals surface area (Å²) in [6.07, 6.45) is 2.54. The second-order valence-corrected chi connectivity index (χ2v) is 8.42. The summed E-state index contributed by atoms with van der Waals surface area (Å²) in [7, 11) is 0. The van der Waals surface area contributed by atoms with E-state index in [1.165, 1.54) is 6.92 Å². The Hall–Kier alpha value is -2.89. The maximum absolute atomic E-state index is 13.0. The number of carboxylic acids is 1. The van der Waals surface area contributed by atoms with Gasteiger partial charge in [0.25, 0.3) is 0 Å². The van der Waals surface area contributed by atoms with Crippen molar-refractivity contribution in [3.8, 4) is 0 Å². The SMILES string of the molecule is CC(C)CC(NC(=O)C1CCCN1)C(=O)NC(CCCN=C(N)N)C(=O)NC(C)C(=O)O. The van der Waals surface area contributed by atoms with E-state index in [0.29, 0.717) is 19.3 Å². The second kappa shape index (κ2) is 13.5. The van der Waals surface area contributed by atoms with Gasteiger partial charge in [-0.1, -0.05) is 13.8 Å². The predicted molar refractivity (Wildman–Crippen MR) is 119 cm³/mol. The highest BCUT2D eigenvalue weighted by molar-refractivity contribution is 5.94. The Morgan fingerprint density at radius 1 is 1.06 bits per heavy atom. The highest BCUT2D eigenvalue weighted by atomic mass is 16.4. The molecule has 4 unspecified atom stereocenters. The normalized spacial score (nSPS) is 18.3. The third kappa shape index (κ3) is 9.94. The fourth-order valence-electron chi connectivity index (χ4n) is 3.30. The van der Waals surface area contributed by atoms with Crippen molar-refractivity contribution in [2.75, 3.05) is 13.1 Å². The van der Waals surface area contributed by atoms with E-state index in [-0.39, 0.29) is 36.8 Å². The lowest BCUT2D eigenvalue weighted by molar-refractivity contribution is -0.141. The fraction of sp³-hybridized carbons (Fsp3) is 0.750. The van der Waals surface area contributed by atoms with Crippen LogP contribution in [-0.4, -0.2) is 72.0 Å². The molecule has 0 bridgehead atoms. The summed E-state index contributed by atoms with van der Waals surface area (Å²) in [6, 6.07) is -3.30. The Labute approximate surface area is 188 Å². The summed E-state index contributed by atoms with van der Waals surface area (Å²) in [6.45, 7) is 6.17. The number of amides is 3. The number of nitrogens with two attached hydrogens (primary N) is 2. The molecule has 1 fully saturated rings. The minimum atomic E-state index is -1.20. The molecule has 0 aromatic rings. The third-order valence-corrected chi connectivity index (χ3v) is 5.02. The summed E-state index contributed by atoms with van der Waals surface area (Å²) >= 11 is 0. The van der Waals surface area contributed by atoms with Gasteiger partial charge in [0.05, 0.1) is 6.04 Å². The Balaban J connectivity index is 2.87. The molecule has 32 heavy (non-hydrogen) atoms. The topological polar surface area (TPSA) is 201 Å². The average molecular weight is 456 g/mol. The summed E-state index contributed by atoms with van der Waals surface area (Å²) in [5.41, 5.74) is 10.6. The van der Waals surface area contributed by atoms with Crippen molar-refractivity contribution in [1.29, 1.82) is 0 Å². The van der Waals surface area contributed by atoms with Crippen molar-refractivity contribution >= 4 is 29.7 Å². The highest BCUT2D eigenvalue weighted by Gasteiger charge is 2.31. The predicted octanol–water partition coefficient (Wildman–Crippen LogP) is -1.60. The standard InChI is InChI=1S/C20H37N7O5/c1-11(2)10-15(27-16(28)13-6-4-8-23-13)18(30)26-14(7-5-9-24-20(21)22)17(29)25-12(3)19(31)32/h11-15,23H,4-10H2,1-3H3,(H,25,29)(H,26,30)(H,27,28)(H,31,32)(H4,21,22,24). The van der Waals surface area contributed by atoms with Gasteiger partial charge in [0.1, 0.15) is 18.1 Å². The lowest BCUT2D eigenvalue weighted by atomic mass is 10.0. The number of hydrogen-bond acceptors (Lipinski definition) is 6. The van der Waals surface area contributed by atoms with Crippen LogP contribution in [-0.2, 0) is 19.2 Å². The van der Waals surface area contributed by atoms with Crippen molar-refractivity contribution in [3.63, 3.8) is 0 Å². The van der Waals surface area contributed by atoms with Crippen molar-refractivity contribution in [2.45, 2.75) is 77.0 Å². The van der Waals surface area contributed by atoms with Gasteiger partial charge in [-0.2, -0.15) is 0 Å². The van der Waals surface area contributed by atoms with Crippen LogP contribution in [0.5, 0.6) is 0 Å². The molecule has 1 aliphatic heterocycles. The molecule has 0 radical (unpaired) electrons. The Bertz CT molecular complexity index is 688. The van der Waals surface area contributed by atoms with Crippen LogP contribution >= 0.6 is 0 Å². The zero-order valence-corrected chi connectivity index (χ0v) is 19.0. The monoisotopic (exact) mass is 455 g/mol. The average Bonchev–Trinajstić information content (AvgIpc) is 3.23. The number of carboxylic acid groups (broad SMARTS) is 1. The number of nitrogens with one attached hydrogen (secondary N) is 4. The van der Waals surface area contributed by atoms with Crippen LogP contribution in [0.1, 0.15) is 52.9 Å². The quantitative estimate of drug-likeness (QED) is 0.0976. The Morgan fingerprint density at radius 3 is 2.25 bits per heavy atom. The minimum absolute atomic E-state index is 0.0882. The molecule has 0 aromatic heterocycles. The molecule has 1 rings (SSSR count). The van der Waals surface area contributed by atoms with Crippen molar-refractivity contribution < 1.29 is 24.3 Å². The molecule has 0 aromatic carbocycles. The van der Waals surface area contributed by atoms with Gasteiger partial charge >= 0.3 is 5.97 Å². The maximum atomic E-state index is 13.0. The minimum Gasteiger partial charge on any atom is -0.480 e. The molecule has 4 atom stereocenters. The van der Waals surface area contributed by atoms with Crippen molar-refractivity contribution in [1.82, 2.24) is 21.3 Å². The van der Waals surface area contributed by atoms with Gasteiger partial charge in [-0.15, -0.1) is 0 Å². The van der Waals surface area contributed by atoms with E-state index < -0.39 is 35.9 Å². The molecule has 12 heteroatoms. The van der Waals surface area contributed by atoms with E-state index >= 15 is 0 Å². The van der Waals surface area contributed by atoms with Crippen LogP contribution in [0.15, 0.2) is 4.99 Å². The Morgan fingerprint density at radius 2 is 1.72 bits per heavy atom. The molecular formula is C20H37N7O5. The summed E-state index contributed by atoms with van der Waals surface area (Å²) in [5.74, 6) is -2.56. The number of guanidine groups is 1. The molecule has 0 aliphatic carbocycles. The molecule has 0 spiro atoms. The first-order valence-corrected chi connectivity index (χ1v) is 10.9. The second-order valence-electron chi connectivity index (χ2n) is 8.42. The van der Waals surface area contributed by atoms with Gasteiger partial charge in [-0.05, 0) is 51.5 Å². The molecule has 1 aliphatic rings. The van der Waals surface area contributed by atoms with E-state index in [1.807, 2.05) is 13.8 Å². The number of aliphatic carboxylic acids is 1. The molecule has 0 saturated carbocycles. The highest BCUT2D eigenvalue weighted by Crippen LogP contribution is 2.10. The lowest BCUT2D eigenvalue weighted by Crippen LogP contribution is -2.57. The Kier molecular flexibility index (Phi) is 11.5. The van der Waals surface area contributed by atoms with Gasteiger partial charge in [-0.25, -0.2) is 0 Å². The number of carbonyl (C=O) groups excluding carboxylic acids is 3. The van der Waals surface area contributed by atoms with E-state index in [1.54, 1.807) is 0 Å². The van der Waals surface area contributed by atoms with Gasteiger partial charge in [0.2, 0.25) is 17.7 Å². The third-order valence-electron chi connectivity index (χ3n) is 5.02. The van der Waals surface area contributed by atoms with Gasteiger partial charge in [0.15, 0.2) is 5.96 Å². The van der Waals surface area contributed by atoms with Crippen LogP contribution in [0.4, 0.5) is 0 Å². The molecule has 182 valence electrons. The maximum Gasteiger partial charge on any atom is 0.325 e. The van der Waals surface area contributed by atoms with E-state index in [2.05, 4.69) is 26.3 Å². The fourth-order valence-corrected chi connectivity index (χ4v) is 3.30. The summed E-state index contributed by atoms with van der Waals surface area (Å²) in [4.78, 5) is 53.1. The van der Waals surface area contributed by atoms with Gasteiger partial charge in [-0.3, -0.25) is 24.2 Å². The zero-order valence-electron chi connectivity index (χ0n) is 19.0. The molecule has 3 amide bonds. The van der Waals surface area contributed by atoms with Crippen molar-refractivity contribution in [2.24, 2.45) is 22.4 Å². The van der Waals surface area contributed by atoms with Crippen LogP contribution in [0.3, 0.4) is 0 Å². The number of hydrogen-bond donors (Lipinski definition) is 7. The van der Waals surface area contributed by atoms with Crippen LogP contribution in [0.2, 0.25) is 0 Å². The van der Waals surface area contributed by atoms with Gasteiger partial charge < -0.3 is 37.8 Å². The summed E-state index contributed by atoms with van der Waals surface area (Å²) < 4.78 is 0. The summed E-state index contributed by atoms with van der Waals surface area (Å²) in [5, 5.41) is 20.0. The lowest BCUT2D eigenvalue weighted by Gasteiger charge is -2.25. The molecule has 1 saturated heterocycles. The van der Waals surface area contributed by atoms with E-state index in [4.69, 9.17) is 16.6 Å². The first-order valence-electron chi connectivity index (χ1n) is 10.9. The molecule has 1 heterocycles. The molecular weight excluding hydrogens is 418 g/mol. The molecule has 9 N–H and O–H groups in total. The van der Waals surface area contributed by atoms with Crippen LogP contribution in [0.25, 0.3) is 0 Å². The van der Waals surface area contributed by atoms with Crippen LogP contribution < -0.4 is 32.7 Å². The largest absolute Gasteiger partial charge is 0.480 e. The number of aliphatic imine (C=N–C) groups is 1. The first kappa shape index (κ1) is 27.1. The number of carbonyl (C=O) groups is 4. The van der Waals surface area contributed by atoms with E-state index in [0.717, 1.165) is 13.0 Å².